The van der Waals surface area contributed by atoms with Crippen molar-refractivity contribution in [1.29, 1.82) is 10.5 Å². The first-order chi connectivity index (χ1) is 15.4. The Morgan fingerprint density at radius 3 is 2.75 bits per heavy atom. The highest BCUT2D eigenvalue weighted by atomic mass is 16.5. The molecule has 2 aromatic rings. The predicted octanol–water partition coefficient (Wildman–Crippen LogP) is 0.583. The molecule has 0 spiro atoms. The number of methoxy groups -OCH3 is 1. The largest absolute Gasteiger partial charge is 0.493 e. The van der Waals surface area contributed by atoms with Crippen molar-refractivity contribution in [2.75, 3.05) is 37.0 Å². The molecule has 12 nitrogen and oxygen atoms in total. The average Bonchev–Trinajstić information content (AvgIpc) is 2.76. The molecule has 1 unspecified atom stereocenters. The molecule has 1 aromatic heterocycles. The molecule has 1 aliphatic heterocycles. The number of nitriles is 2. The summed E-state index contributed by atoms with van der Waals surface area (Å²) in [4.78, 5) is 19.7. The van der Waals surface area contributed by atoms with Crippen LogP contribution >= 0.6 is 0 Å². The number of nitrogens with one attached hydrogen (secondary N) is 3. The van der Waals surface area contributed by atoms with Gasteiger partial charge in [0.25, 0.3) is 0 Å². The number of nitrogens with zero attached hydrogens (tertiary/aromatic N) is 4. The Hall–Kier alpha value is -4.71. The molecule has 1 atom stereocenters. The Kier molecular flexibility index (Phi) is 6.46. The van der Waals surface area contributed by atoms with Crippen molar-refractivity contribution in [1.82, 2.24) is 15.6 Å². The average molecular weight is 435 g/mol. The lowest BCUT2D eigenvalue weighted by atomic mass is 9.95. The molecule has 164 valence electrons. The second-order valence-corrected chi connectivity index (χ2v) is 6.64. The minimum Gasteiger partial charge on any atom is -0.493 e. The van der Waals surface area contributed by atoms with E-state index in [0.29, 0.717) is 29.2 Å². The number of amides is 1. The van der Waals surface area contributed by atoms with Gasteiger partial charge in [-0.3, -0.25) is 10.1 Å². The molecule has 12 heteroatoms. The van der Waals surface area contributed by atoms with Crippen LogP contribution in [0.15, 0.2) is 23.2 Å². The van der Waals surface area contributed by atoms with Crippen molar-refractivity contribution >= 4 is 29.2 Å². The predicted molar refractivity (Wildman–Crippen MR) is 117 cm³/mol. The van der Waals surface area contributed by atoms with E-state index in [4.69, 9.17) is 26.2 Å². The molecule has 1 aliphatic rings. The van der Waals surface area contributed by atoms with Crippen LogP contribution < -0.4 is 36.9 Å². The molecule has 2 heterocycles. The number of rotatable bonds is 6. The van der Waals surface area contributed by atoms with Crippen molar-refractivity contribution in [2.24, 2.45) is 4.99 Å². The maximum absolute atomic E-state index is 11.0. The van der Waals surface area contributed by atoms with Gasteiger partial charge < -0.3 is 31.6 Å². The number of nitrogen functional groups attached to an aromatic ring is 2. The lowest BCUT2D eigenvalue weighted by Gasteiger charge is -2.26. The third-order valence-corrected chi connectivity index (χ3v) is 4.59. The van der Waals surface area contributed by atoms with E-state index in [0.717, 1.165) is 0 Å². The Balaban J connectivity index is 2.02. The van der Waals surface area contributed by atoms with Gasteiger partial charge in [-0.05, 0) is 17.7 Å². The second kappa shape index (κ2) is 9.40. The van der Waals surface area contributed by atoms with Gasteiger partial charge in [0.1, 0.15) is 35.9 Å². The van der Waals surface area contributed by atoms with Gasteiger partial charge in [0.05, 0.1) is 19.3 Å². The fraction of sp³-hybridized carbons (Fsp3) is 0.250. The van der Waals surface area contributed by atoms with Crippen LogP contribution in [-0.2, 0) is 4.79 Å². The van der Waals surface area contributed by atoms with Gasteiger partial charge >= 0.3 is 0 Å². The quantitative estimate of drug-likeness (QED) is 0.243. The second-order valence-electron chi connectivity index (χ2n) is 6.64. The standard InChI is InChI=1S/C20H21N9O3/c1-10(30)25-5-6-32-13-4-3-11(7-14(13)31-2)17-15-16(23)12(8-21)18(24)28-19(15)29-20(27-17)26-9-22/h3-4,7,17H,5-6H2,1-2H3,(H,25,30)(H6,23,24,26,27,28,29). The van der Waals surface area contributed by atoms with Crippen LogP contribution in [0.2, 0.25) is 0 Å². The van der Waals surface area contributed by atoms with Gasteiger partial charge in [-0.2, -0.15) is 10.5 Å². The highest BCUT2D eigenvalue weighted by Crippen LogP contribution is 2.42. The Bertz CT molecular complexity index is 1160. The molecule has 7 N–H and O–H groups in total. The van der Waals surface area contributed by atoms with Crippen LogP contribution in [0.5, 0.6) is 11.5 Å². The number of aliphatic imine (C=N–C) groups is 1. The van der Waals surface area contributed by atoms with Crippen LogP contribution in [0.1, 0.15) is 29.7 Å². The molecule has 0 saturated carbocycles. The van der Waals surface area contributed by atoms with Gasteiger partial charge in [0.2, 0.25) is 11.9 Å². The van der Waals surface area contributed by atoms with Crippen LogP contribution in [0.3, 0.4) is 0 Å². The minimum atomic E-state index is -0.704. The maximum Gasteiger partial charge on any atom is 0.216 e. The van der Waals surface area contributed by atoms with E-state index in [1.54, 1.807) is 24.4 Å². The summed E-state index contributed by atoms with van der Waals surface area (Å²) >= 11 is 0. The topological polar surface area (TPSA) is 196 Å². The molecule has 32 heavy (non-hydrogen) atoms. The Labute approximate surface area is 183 Å². The number of ether oxygens (including phenoxy) is 2. The van der Waals surface area contributed by atoms with Crippen LogP contribution in [0, 0.1) is 22.8 Å². The first-order valence-corrected chi connectivity index (χ1v) is 9.43. The molecular weight excluding hydrogens is 414 g/mol. The maximum atomic E-state index is 11.0. The molecular formula is C20H21N9O3. The summed E-state index contributed by atoms with van der Waals surface area (Å²) in [5, 5.41) is 26.4. The van der Waals surface area contributed by atoms with Crippen molar-refractivity contribution in [3.05, 3.63) is 34.9 Å². The fourth-order valence-corrected chi connectivity index (χ4v) is 3.18. The highest BCUT2D eigenvalue weighted by Gasteiger charge is 2.30. The number of carbonyl (C=O) groups excluding carboxylic acids is 1. The molecule has 1 aromatic carbocycles. The zero-order valence-corrected chi connectivity index (χ0v) is 17.4. The summed E-state index contributed by atoms with van der Waals surface area (Å²) < 4.78 is 11.1. The number of nitrogens with two attached hydrogens (primary N) is 2. The minimum absolute atomic E-state index is 0.0336. The van der Waals surface area contributed by atoms with Crippen LogP contribution in [0.25, 0.3) is 0 Å². The van der Waals surface area contributed by atoms with Gasteiger partial charge in [-0.15, -0.1) is 0 Å². The molecule has 0 bridgehead atoms. The van der Waals surface area contributed by atoms with E-state index < -0.39 is 6.04 Å². The number of benzene rings is 1. The van der Waals surface area contributed by atoms with E-state index in [9.17, 15) is 10.1 Å². The number of anilines is 3. The van der Waals surface area contributed by atoms with Crippen molar-refractivity contribution in [3.63, 3.8) is 0 Å². The van der Waals surface area contributed by atoms with Gasteiger partial charge in [-0.1, -0.05) is 6.07 Å². The summed E-state index contributed by atoms with van der Waals surface area (Å²) in [6.07, 6.45) is 1.80. The zero-order chi connectivity index (χ0) is 23.3. The number of guanidine groups is 1. The summed E-state index contributed by atoms with van der Waals surface area (Å²) in [5.74, 6) is 1.15. The SMILES string of the molecule is COc1cc(C2N=C(NC#N)Nc3nc(N)c(C#N)c(N)c32)ccc1OCCNC(C)=O. The third kappa shape index (κ3) is 4.39. The van der Waals surface area contributed by atoms with E-state index in [-0.39, 0.29) is 41.4 Å². The summed E-state index contributed by atoms with van der Waals surface area (Å²) in [7, 11) is 1.49. The van der Waals surface area contributed by atoms with E-state index in [1.807, 2.05) is 6.07 Å². The number of aromatic nitrogens is 1. The third-order valence-electron chi connectivity index (χ3n) is 4.59. The summed E-state index contributed by atoms with van der Waals surface area (Å²) in [6, 6.07) is 6.42. The van der Waals surface area contributed by atoms with Crippen LogP contribution in [-0.4, -0.2) is 37.1 Å². The molecule has 0 radical (unpaired) electrons. The first-order valence-electron chi connectivity index (χ1n) is 9.43. The molecule has 0 aliphatic carbocycles. The first kappa shape index (κ1) is 22.0. The van der Waals surface area contributed by atoms with E-state index in [2.05, 4.69) is 25.9 Å². The molecule has 1 amide bonds. The Morgan fingerprint density at radius 1 is 1.31 bits per heavy atom. The van der Waals surface area contributed by atoms with Crippen LogP contribution in [0.4, 0.5) is 17.3 Å². The van der Waals surface area contributed by atoms with Crippen molar-refractivity contribution in [3.8, 4) is 23.8 Å². The fourth-order valence-electron chi connectivity index (χ4n) is 3.18. The lowest BCUT2D eigenvalue weighted by molar-refractivity contribution is -0.119. The number of pyridine rings is 1. The molecule has 3 rings (SSSR count). The van der Waals surface area contributed by atoms with Gasteiger partial charge in [0, 0.05) is 12.5 Å². The van der Waals surface area contributed by atoms with E-state index >= 15 is 0 Å². The molecule has 0 fully saturated rings. The lowest BCUT2D eigenvalue weighted by Crippen LogP contribution is -2.32. The van der Waals surface area contributed by atoms with E-state index in [1.165, 1.54) is 14.0 Å². The number of hydrogen-bond acceptors (Lipinski definition) is 11. The normalized spacial score (nSPS) is 14.0. The van der Waals surface area contributed by atoms with Gasteiger partial charge in [-0.25, -0.2) is 9.98 Å². The summed E-state index contributed by atoms with van der Waals surface area (Å²) in [5.41, 5.74) is 13.4. The number of hydrogen-bond donors (Lipinski definition) is 5. The number of fused-ring (bicyclic) bond motifs is 1. The zero-order valence-electron chi connectivity index (χ0n) is 17.4. The van der Waals surface area contributed by atoms with Crippen molar-refractivity contribution < 1.29 is 14.3 Å². The smallest absolute Gasteiger partial charge is 0.216 e. The molecule has 0 saturated heterocycles. The monoisotopic (exact) mass is 435 g/mol. The van der Waals surface area contributed by atoms with Crippen molar-refractivity contribution in [2.45, 2.75) is 13.0 Å². The highest BCUT2D eigenvalue weighted by molar-refractivity contribution is 5.98. The number of carbonyl (C=O) groups is 1. The van der Waals surface area contributed by atoms with Gasteiger partial charge in [0.15, 0.2) is 17.7 Å². The summed E-state index contributed by atoms with van der Waals surface area (Å²) in [6.45, 7) is 2.02. The Morgan fingerprint density at radius 2 is 2.09 bits per heavy atom.